The molecule has 6 heteroatoms. The topological polar surface area (TPSA) is 61.4 Å². The maximum atomic E-state index is 12.0. The Balaban J connectivity index is 1.68. The van der Waals surface area contributed by atoms with Gasteiger partial charge in [-0.3, -0.25) is 4.79 Å². The molecule has 0 atom stereocenters. The maximum Gasteiger partial charge on any atom is 0.317 e. The van der Waals surface area contributed by atoms with Crippen molar-refractivity contribution in [2.45, 2.75) is 19.3 Å². The van der Waals surface area contributed by atoms with Gasteiger partial charge in [0.25, 0.3) is 0 Å². The fraction of sp³-hybridized carbons (Fsp3) is 0.571. The number of urea groups is 1. The number of rotatable bonds is 4. The Hall–Kier alpha value is -1.56. The van der Waals surface area contributed by atoms with Crippen LogP contribution in [0.25, 0.3) is 0 Å². The summed E-state index contributed by atoms with van der Waals surface area (Å²) in [6.07, 6.45) is 2.37. The Morgan fingerprint density at radius 2 is 2.15 bits per heavy atom. The van der Waals surface area contributed by atoms with Gasteiger partial charge in [-0.25, -0.2) is 4.79 Å². The summed E-state index contributed by atoms with van der Waals surface area (Å²) >= 11 is 1.71. The highest BCUT2D eigenvalue weighted by molar-refractivity contribution is 7.09. The first-order chi connectivity index (χ1) is 9.70. The number of nitrogens with one attached hydrogen (secondary N) is 2. The molecule has 1 aliphatic heterocycles. The van der Waals surface area contributed by atoms with Gasteiger partial charge in [-0.05, 0) is 30.7 Å². The lowest BCUT2D eigenvalue weighted by atomic mass is 9.96. The summed E-state index contributed by atoms with van der Waals surface area (Å²) in [5.41, 5.74) is 0. The van der Waals surface area contributed by atoms with Gasteiger partial charge in [0.05, 0.1) is 0 Å². The van der Waals surface area contributed by atoms with Crippen molar-refractivity contribution in [1.29, 1.82) is 0 Å². The lowest BCUT2D eigenvalue weighted by Crippen LogP contribution is -2.46. The highest BCUT2D eigenvalue weighted by Crippen LogP contribution is 2.17. The summed E-state index contributed by atoms with van der Waals surface area (Å²) in [5, 5.41) is 7.66. The Morgan fingerprint density at radius 1 is 1.40 bits per heavy atom. The Kier molecular flexibility index (Phi) is 5.40. The standard InChI is InChI=1S/C14H21N3O2S/c1-15-13(18)11-5-8-17(9-6-11)14(19)16-7-4-12-3-2-10-20-12/h2-3,10-11H,4-9H2,1H3,(H,15,18)(H,16,19). The van der Waals surface area contributed by atoms with Gasteiger partial charge < -0.3 is 15.5 Å². The van der Waals surface area contributed by atoms with Gasteiger partial charge in [0.15, 0.2) is 0 Å². The minimum Gasteiger partial charge on any atom is -0.359 e. The molecule has 5 nitrogen and oxygen atoms in total. The second-order valence-corrected chi connectivity index (χ2v) is 5.97. The SMILES string of the molecule is CNC(=O)C1CCN(C(=O)NCCc2cccs2)CC1. The minimum absolute atomic E-state index is 0.0167. The predicted molar refractivity (Wildman–Crippen MR) is 79.8 cm³/mol. The van der Waals surface area contributed by atoms with Crippen LogP contribution in [0.4, 0.5) is 4.79 Å². The van der Waals surface area contributed by atoms with Gasteiger partial charge in [-0.2, -0.15) is 0 Å². The number of nitrogens with zero attached hydrogens (tertiary/aromatic N) is 1. The van der Waals surface area contributed by atoms with E-state index in [1.807, 2.05) is 11.4 Å². The fourth-order valence-corrected chi connectivity index (χ4v) is 3.12. The van der Waals surface area contributed by atoms with Crippen molar-refractivity contribution < 1.29 is 9.59 Å². The Morgan fingerprint density at radius 3 is 2.75 bits per heavy atom. The van der Waals surface area contributed by atoms with Crippen molar-refractivity contribution in [3.63, 3.8) is 0 Å². The third-order valence-electron chi connectivity index (χ3n) is 3.63. The van der Waals surface area contributed by atoms with E-state index in [9.17, 15) is 9.59 Å². The summed E-state index contributed by atoms with van der Waals surface area (Å²) < 4.78 is 0. The van der Waals surface area contributed by atoms with Crippen LogP contribution in [0.15, 0.2) is 17.5 Å². The van der Waals surface area contributed by atoms with Gasteiger partial charge >= 0.3 is 6.03 Å². The van der Waals surface area contributed by atoms with Crippen molar-refractivity contribution in [2.75, 3.05) is 26.7 Å². The molecule has 1 fully saturated rings. The highest BCUT2D eigenvalue weighted by atomic mass is 32.1. The molecule has 2 rings (SSSR count). The molecule has 0 aromatic carbocycles. The zero-order valence-electron chi connectivity index (χ0n) is 11.7. The van der Waals surface area contributed by atoms with E-state index in [2.05, 4.69) is 16.7 Å². The van der Waals surface area contributed by atoms with Gasteiger partial charge in [0.1, 0.15) is 0 Å². The first-order valence-corrected chi connectivity index (χ1v) is 7.85. The average Bonchev–Trinajstić information content (AvgIpc) is 2.99. The maximum absolute atomic E-state index is 12.0. The third-order valence-corrected chi connectivity index (χ3v) is 4.56. The number of piperidine rings is 1. The van der Waals surface area contributed by atoms with Crippen LogP contribution in [0, 0.1) is 5.92 Å². The first kappa shape index (κ1) is 14.8. The molecule has 0 saturated carbocycles. The molecule has 1 aromatic heterocycles. The lowest BCUT2D eigenvalue weighted by Gasteiger charge is -2.31. The van der Waals surface area contributed by atoms with Crippen LogP contribution in [-0.2, 0) is 11.2 Å². The van der Waals surface area contributed by atoms with Crippen molar-refractivity contribution in [3.8, 4) is 0 Å². The van der Waals surface area contributed by atoms with Gasteiger partial charge in [-0.1, -0.05) is 6.07 Å². The highest BCUT2D eigenvalue weighted by Gasteiger charge is 2.26. The number of thiophene rings is 1. The van der Waals surface area contributed by atoms with Crippen LogP contribution < -0.4 is 10.6 Å². The van der Waals surface area contributed by atoms with Crippen LogP contribution in [0.5, 0.6) is 0 Å². The van der Waals surface area contributed by atoms with Crippen molar-refractivity contribution in [1.82, 2.24) is 15.5 Å². The van der Waals surface area contributed by atoms with E-state index in [4.69, 9.17) is 0 Å². The first-order valence-electron chi connectivity index (χ1n) is 6.97. The second kappa shape index (κ2) is 7.28. The van der Waals surface area contributed by atoms with Crippen LogP contribution >= 0.6 is 11.3 Å². The zero-order chi connectivity index (χ0) is 14.4. The summed E-state index contributed by atoms with van der Waals surface area (Å²) in [7, 11) is 1.66. The zero-order valence-corrected chi connectivity index (χ0v) is 12.5. The van der Waals surface area contributed by atoms with E-state index < -0.39 is 0 Å². The summed E-state index contributed by atoms with van der Waals surface area (Å²) in [6.45, 7) is 1.97. The lowest BCUT2D eigenvalue weighted by molar-refractivity contribution is -0.125. The molecule has 2 N–H and O–H groups in total. The van der Waals surface area contributed by atoms with Crippen LogP contribution in [0.2, 0.25) is 0 Å². The van der Waals surface area contributed by atoms with Crippen molar-refractivity contribution in [2.24, 2.45) is 5.92 Å². The van der Waals surface area contributed by atoms with Crippen LogP contribution in [0.1, 0.15) is 17.7 Å². The van der Waals surface area contributed by atoms with Gasteiger partial charge in [-0.15, -0.1) is 11.3 Å². The molecule has 2 heterocycles. The number of amides is 3. The largest absolute Gasteiger partial charge is 0.359 e. The second-order valence-electron chi connectivity index (χ2n) is 4.94. The quantitative estimate of drug-likeness (QED) is 0.883. The molecule has 0 unspecified atom stereocenters. The van der Waals surface area contributed by atoms with Crippen molar-refractivity contribution in [3.05, 3.63) is 22.4 Å². The normalized spacial score (nSPS) is 15.9. The molecule has 0 radical (unpaired) electrons. The van der Waals surface area contributed by atoms with E-state index >= 15 is 0 Å². The van der Waals surface area contributed by atoms with E-state index in [1.165, 1.54) is 4.88 Å². The van der Waals surface area contributed by atoms with Crippen LogP contribution in [0.3, 0.4) is 0 Å². The molecule has 1 saturated heterocycles. The Bertz CT molecular complexity index is 439. The summed E-state index contributed by atoms with van der Waals surface area (Å²) in [5.74, 6) is 0.137. The molecule has 0 aliphatic carbocycles. The molecular formula is C14H21N3O2S. The summed E-state index contributed by atoms with van der Waals surface area (Å²) in [4.78, 5) is 26.6. The molecule has 110 valence electrons. The average molecular weight is 295 g/mol. The molecule has 20 heavy (non-hydrogen) atoms. The summed E-state index contributed by atoms with van der Waals surface area (Å²) in [6, 6.07) is 4.08. The molecular weight excluding hydrogens is 274 g/mol. The Labute approximate surface area is 123 Å². The minimum atomic E-state index is -0.0167. The molecule has 1 aromatic rings. The third kappa shape index (κ3) is 3.96. The molecule has 1 aliphatic rings. The van der Waals surface area contributed by atoms with Crippen LogP contribution in [-0.4, -0.2) is 43.5 Å². The predicted octanol–water partition coefficient (Wildman–Crippen LogP) is 1.46. The number of likely N-dealkylation sites (tertiary alicyclic amines) is 1. The van der Waals surface area contributed by atoms with E-state index in [1.54, 1.807) is 23.3 Å². The smallest absolute Gasteiger partial charge is 0.317 e. The molecule has 3 amide bonds. The number of carbonyl (C=O) groups excluding carboxylic acids is 2. The monoisotopic (exact) mass is 295 g/mol. The van der Waals surface area contributed by atoms with E-state index in [0.717, 1.165) is 19.3 Å². The van der Waals surface area contributed by atoms with Gasteiger partial charge in [0.2, 0.25) is 5.91 Å². The van der Waals surface area contributed by atoms with Crippen molar-refractivity contribution >= 4 is 23.3 Å². The molecule has 0 spiro atoms. The van der Waals surface area contributed by atoms with E-state index in [0.29, 0.717) is 19.6 Å². The number of carbonyl (C=O) groups is 2. The van der Waals surface area contributed by atoms with Gasteiger partial charge in [0, 0.05) is 37.5 Å². The fourth-order valence-electron chi connectivity index (χ4n) is 2.41. The molecule has 0 bridgehead atoms. The van der Waals surface area contributed by atoms with E-state index in [-0.39, 0.29) is 17.9 Å². The number of hydrogen-bond acceptors (Lipinski definition) is 3. The number of hydrogen-bond donors (Lipinski definition) is 2.